The molecule has 0 fully saturated rings. The number of nitrogens with zero attached hydrogens (tertiary/aromatic N) is 5. The molecule has 3 rings (SSSR count). The minimum atomic E-state index is -0.453. The van der Waals surface area contributed by atoms with Crippen molar-refractivity contribution in [3.8, 4) is 0 Å². The van der Waals surface area contributed by atoms with E-state index in [-0.39, 0.29) is 12.6 Å². The monoisotopic (exact) mass is 446 g/mol. The second kappa shape index (κ2) is 9.80. The lowest BCUT2D eigenvalue weighted by molar-refractivity contribution is 0.187. The molecule has 0 atom stereocenters. The number of imide groups is 1. The molecule has 31 heavy (non-hydrogen) atoms. The van der Waals surface area contributed by atoms with Gasteiger partial charge in [0, 0.05) is 39.4 Å². The van der Waals surface area contributed by atoms with Crippen molar-refractivity contribution < 1.29 is 9.59 Å². The fraction of sp³-hybridized carbons (Fsp3) is 0.400. The molecular formula is C20H27ClN8O2. The van der Waals surface area contributed by atoms with Crippen LogP contribution < -0.4 is 25.8 Å². The molecule has 1 aromatic carbocycles. The van der Waals surface area contributed by atoms with Crippen LogP contribution in [0.3, 0.4) is 0 Å². The second-order valence-corrected chi connectivity index (χ2v) is 7.41. The molecule has 4 amide bonds. The van der Waals surface area contributed by atoms with E-state index in [0.29, 0.717) is 16.8 Å². The smallest absolute Gasteiger partial charge is 0.332 e. The first kappa shape index (κ1) is 22.6. The maximum Gasteiger partial charge on any atom is 0.332 e. The molecule has 3 N–H and O–H groups in total. The van der Waals surface area contributed by atoms with Crippen LogP contribution in [0.4, 0.5) is 32.7 Å². The van der Waals surface area contributed by atoms with Gasteiger partial charge in [-0.3, -0.25) is 4.90 Å². The fourth-order valence-corrected chi connectivity index (χ4v) is 3.45. The largest absolute Gasteiger partial charge is 0.341 e. The van der Waals surface area contributed by atoms with E-state index >= 15 is 0 Å². The third-order valence-corrected chi connectivity index (χ3v) is 5.31. The Hall–Kier alpha value is -3.11. The minimum absolute atomic E-state index is 0.171. The number of halogens is 1. The molecule has 2 aromatic rings. The van der Waals surface area contributed by atoms with Gasteiger partial charge in [0.05, 0.1) is 18.4 Å². The summed E-state index contributed by atoms with van der Waals surface area (Å²) >= 11 is 6.34. The first-order valence-corrected chi connectivity index (χ1v) is 10.4. The lowest BCUT2D eigenvalue weighted by atomic mass is 10.1. The van der Waals surface area contributed by atoms with Crippen LogP contribution in [-0.4, -0.2) is 67.7 Å². The molecule has 1 aliphatic rings. The summed E-state index contributed by atoms with van der Waals surface area (Å²) in [6, 6.07) is 4.72. The minimum Gasteiger partial charge on any atom is -0.341 e. The highest BCUT2D eigenvalue weighted by molar-refractivity contribution is 6.32. The number of amides is 4. The van der Waals surface area contributed by atoms with Crippen LogP contribution in [0.5, 0.6) is 0 Å². The lowest BCUT2D eigenvalue weighted by Crippen LogP contribution is -2.50. The van der Waals surface area contributed by atoms with E-state index in [4.69, 9.17) is 11.6 Å². The SMILES string of the molecule is CCN(CCNC)c1ncc(Cl)c(Nc2ccc3c(c2)CN(C(=O)NC)C(=O)N3C)n1. The summed E-state index contributed by atoms with van der Waals surface area (Å²) in [6.45, 7) is 4.55. The molecule has 0 saturated heterocycles. The summed E-state index contributed by atoms with van der Waals surface area (Å²) in [4.78, 5) is 38.1. The number of carbonyl (C=O) groups excluding carboxylic acids is 2. The molecule has 1 aliphatic heterocycles. The average Bonchev–Trinajstić information content (AvgIpc) is 2.78. The van der Waals surface area contributed by atoms with E-state index in [0.717, 1.165) is 41.5 Å². The third-order valence-electron chi connectivity index (χ3n) is 5.04. The van der Waals surface area contributed by atoms with Crippen molar-refractivity contribution >= 4 is 46.8 Å². The fourth-order valence-electron chi connectivity index (χ4n) is 3.31. The highest BCUT2D eigenvalue weighted by atomic mass is 35.5. The topological polar surface area (TPSA) is 106 Å². The van der Waals surface area contributed by atoms with Gasteiger partial charge in [0.15, 0.2) is 5.82 Å². The molecule has 0 spiro atoms. The van der Waals surface area contributed by atoms with Crippen molar-refractivity contribution in [3.63, 3.8) is 0 Å². The first-order chi connectivity index (χ1) is 14.9. The van der Waals surface area contributed by atoms with Crippen LogP contribution in [0.25, 0.3) is 0 Å². The Balaban J connectivity index is 1.87. The molecule has 0 radical (unpaired) electrons. The molecule has 0 unspecified atom stereocenters. The van der Waals surface area contributed by atoms with Gasteiger partial charge < -0.3 is 20.9 Å². The van der Waals surface area contributed by atoms with Gasteiger partial charge in [-0.1, -0.05) is 11.6 Å². The molecule has 10 nitrogen and oxygen atoms in total. The summed E-state index contributed by atoms with van der Waals surface area (Å²) in [6.07, 6.45) is 1.58. The number of hydrogen-bond acceptors (Lipinski definition) is 7. The van der Waals surface area contributed by atoms with Crippen LogP contribution in [0.15, 0.2) is 24.4 Å². The highest BCUT2D eigenvalue weighted by Crippen LogP contribution is 2.32. The van der Waals surface area contributed by atoms with E-state index in [9.17, 15) is 9.59 Å². The van der Waals surface area contributed by atoms with Crippen LogP contribution in [-0.2, 0) is 6.54 Å². The molecule has 11 heteroatoms. The van der Waals surface area contributed by atoms with Gasteiger partial charge in [0.25, 0.3) is 0 Å². The quantitative estimate of drug-likeness (QED) is 0.600. The average molecular weight is 447 g/mol. The van der Waals surface area contributed by atoms with E-state index in [1.165, 1.54) is 11.9 Å². The maximum absolute atomic E-state index is 12.4. The van der Waals surface area contributed by atoms with Gasteiger partial charge in [-0.05, 0) is 37.7 Å². The van der Waals surface area contributed by atoms with Crippen molar-refractivity contribution in [2.75, 3.05) is 55.9 Å². The van der Waals surface area contributed by atoms with Crippen molar-refractivity contribution in [1.82, 2.24) is 25.5 Å². The van der Waals surface area contributed by atoms with Gasteiger partial charge in [-0.25, -0.2) is 19.5 Å². The van der Waals surface area contributed by atoms with Crippen LogP contribution in [0, 0.1) is 0 Å². The maximum atomic E-state index is 12.4. The number of likely N-dealkylation sites (N-methyl/N-ethyl adjacent to an activating group) is 2. The standard InChI is InChI=1S/C20H27ClN8O2/c1-5-28(9-8-22-2)18-24-11-15(21)17(26-18)25-14-6-7-16-13(10-14)12-29(19(30)23-3)20(31)27(16)4/h6-7,10-11,22H,5,8-9,12H2,1-4H3,(H,23,30)(H,24,25,26). The molecule has 0 saturated carbocycles. The number of nitrogens with one attached hydrogen (secondary N) is 3. The van der Waals surface area contributed by atoms with Gasteiger partial charge >= 0.3 is 12.1 Å². The second-order valence-electron chi connectivity index (χ2n) is 7.00. The van der Waals surface area contributed by atoms with Gasteiger partial charge in [-0.15, -0.1) is 0 Å². The zero-order chi connectivity index (χ0) is 22.5. The Kier molecular flexibility index (Phi) is 7.13. The Bertz CT molecular complexity index is 970. The van der Waals surface area contributed by atoms with Crippen molar-refractivity contribution in [2.24, 2.45) is 0 Å². The number of urea groups is 2. The van der Waals surface area contributed by atoms with Gasteiger partial charge in [0.2, 0.25) is 5.95 Å². The van der Waals surface area contributed by atoms with Gasteiger partial charge in [0.1, 0.15) is 5.02 Å². The molecule has 0 aliphatic carbocycles. The summed E-state index contributed by atoms with van der Waals surface area (Å²) in [5.74, 6) is 1.07. The molecular weight excluding hydrogens is 420 g/mol. The predicted molar refractivity (Wildman–Crippen MR) is 122 cm³/mol. The van der Waals surface area contributed by atoms with Crippen molar-refractivity contribution in [3.05, 3.63) is 35.0 Å². The normalized spacial score (nSPS) is 13.1. The van der Waals surface area contributed by atoms with E-state index in [1.807, 2.05) is 37.1 Å². The number of fused-ring (bicyclic) bond motifs is 1. The zero-order valence-electron chi connectivity index (χ0n) is 18.1. The van der Waals surface area contributed by atoms with Crippen molar-refractivity contribution in [2.45, 2.75) is 13.5 Å². The van der Waals surface area contributed by atoms with Crippen LogP contribution in [0.1, 0.15) is 12.5 Å². The molecule has 1 aromatic heterocycles. The Morgan fingerprint density at radius 1 is 1.32 bits per heavy atom. The zero-order valence-corrected chi connectivity index (χ0v) is 18.8. The number of aromatic nitrogens is 2. The first-order valence-electron chi connectivity index (χ1n) is 9.98. The number of rotatable bonds is 7. The highest BCUT2D eigenvalue weighted by Gasteiger charge is 2.31. The Labute approximate surface area is 186 Å². The van der Waals surface area contributed by atoms with Gasteiger partial charge in [-0.2, -0.15) is 4.98 Å². The number of carbonyl (C=O) groups is 2. The number of anilines is 4. The lowest BCUT2D eigenvalue weighted by Gasteiger charge is -2.33. The van der Waals surface area contributed by atoms with Crippen LogP contribution >= 0.6 is 11.6 Å². The van der Waals surface area contributed by atoms with Crippen LogP contribution in [0.2, 0.25) is 5.02 Å². The van der Waals surface area contributed by atoms with E-state index in [2.05, 4.69) is 25.9 Å². The predicted octanol–water partition coefficient (Wildman–Crippen LogP) is 2.63. The number of benzene rings is 1. The molecule has 166 valence electrons. The van der Waals surface area contributed by atoms with E-state index < -0.39 is 6.03 Å². The summed E-state index contributed by atoms with van der Waals surface area (Å²) in [7, 11) is 5.03. The Morgan fingerprint density at radius 3 is 2.77 bits per heavy atom. The van der Waals surface area contributed by atoms with E-state index in [1.54, 1.807) is 13.2 Å². The molecule has 2 heterocycles. The number of hydrogen-bond donors (Lipinski definition) is 3. The summed E-state index contributed by atoms with van der Waals surface area (Å²) in [5, 5.41) is 9.24. The summed E-state index contributed by atoms with van der Waals surface area (Å²) in [5.41, 5.74) is 2.31. The molecule has 0 bridgehead atoms. The van der Waals surface area contributed by atoms with Crippen molar-refractivity contribution in [1.29, 1.82) is 0 Å². The Morgan fingerprint density at radius 2 is 2.10 bits per heavy atom. The summed E-state index contributed by atoms with van der Waals surface area (Å²) < 4.78 is 0. The third kappa shape index (κ3) is 4.80.